The molecule has 20 heavy (non-hydrogen) atoms. The topological polar surface area (TPSA) is 66.4 Å². The Morgan fingerprint density at radius 2 is 1.90 bits per heavy atom. The average Bonchev–Trinajstić information content (AvgIpc) is 2.47. The lowest BCUT2D eigenvalue weighted by atomic mass is 9.93. The van der Waals surface area contributed by atoms with Crippen LogP contribution in [0.2, 0.25) is 0 Å². The summed E-state index contributed by atoms with van der Waals surface area (Å²) >= 11 is 0. The molecule has 0 saturated heterocycles. The normalized spacial score (nSPS) is 17.2. The lowest BCUT2D eigenvalue weighted by Gasteiger charge is -2.25. The molecule has 0 aromatic heterocycles. The van der Waals surface area contributed by atoms with Gasteiger partial charge in [0.25, 0.3) is 0 Å². The Morgan fingerprint density at radius 3 is 2.60 bits per heavy atom. The first-order chi connectivity index (χ1) is 9.65. The second kappa shape index (κ2) is 4.81. The van der Waals surface area contributed by atoms with Crippen molar-refractivity contribution in [1.82, 2.24) is 0 Å². The van der Waals surface area contributed by atoms with E-state index in [4.69, 9.17) is 4.74 Å². The molecule has 1 heterocycles. The van der Waals surface area contributed by atoms with Gasteiger partial charge in [-0.15, -0.1) is 0 Å². The molecule has 1 aliphatic heterocycles. The summed E-state index contributed by atoms with van der Waals surface area (Å²) in [6.07, 6.45) is 0.0832. The summed E-state index contributed by atoms with van der Waals surface area (Å²) in [7, 11) is 0. The number of carboxylic acid groups (broad SMARTS) is 1. The second-order valence-electron chi connectivity index (χ2n) is 4.67. The van der Waals surface area contributed by atoms with Crippen molar-refractivity contribution in [2.24, 2.45) is 0 Å². The van der Waals surface area contributed by atoms with Crippen LogP contribution < -0.4 is 5.11 Å². The van der Waals surface area contributed by atoms with E-state index in [2.05, 4.69) is 0 Å². The van der Waals surface area contributed by atoms with Crippen LogP contribution in [0.4, 0.5) is 0 Å². The number of hydrogen-bond acceptors (Lipinski definition) is 4. The summed E-state index contributed by atoms with van der Waals surface area (Å²) in [6.45, 7) is 0. The van der Waals surface area contributed by atoms with Crippen molar-refractivity contribution in [3.63, 3.8) is 0 Å². The minimum atomic E-state index is -1.25. The molecule has 2 aromatic rings. The molecule has 0 spiro atoms. The van der Waals surface area contributed by atoms with E-state index in [0.29, 0.717) is 17.5 Å². The number of carbonyl (C=O) groups is 2. The van der Waals surface area contributed by atoms with Crippen molar-refractivity contribution in [1.29, 1.82) is 0 Å². The molecule has 0 saturated carbocycles. The number of rotatable bonds is 2. The smallest absolute Gasteiger partial charge is 0.339 e. The summed E-state index contributed by atoms with van der Waals surface area (Å²) in [4.78, 5) is 22.9. The molecule has 100 valence electrons. The maximum absolute atomic E-state index is 12.0. The van der Waals surface area contributed by atoms with Gasteiger partial charge in [-0.05, 0) is 28.8 Å². The first-order valence-electron chi connectivity index (χ1n) is 6.25. The first-order valence-corrected chi connectivity index (χ1v) is 6.25. The van der Waals surface area contributed by atoms with E-state index in [1.165, 1.54) is 18.2 Å². The van der Waals surface area contributed by atoms with Gasteiger partial charge >= 0.3 is 5.97 Å². The molecule has 2 aromatic carbocycles. The van der Waals surface area contributed by atoms with Crippen LogP contribution in [0.5, 0.6) is 0 Å². The van der Waals surface area contributed by atoms with Crippen molar-refractivity contribution in [2.45, 2.75) is 12.5 Å². The second-order valence-corrected chi connectivity index (χ2v) is 4.67. The fraction of sp³-hybridized carbons (Fsp3) is 0.125. The highest BCUT2D eigenvalue weighted by atomic mass is 16.5. The molecule has 0 bridgehead atoms. The maximum Gasteiger partial charge on any atom is 0.339 e. The van der Waals surface area contributed by atoms with Gasteiger partial charge in [0.2, 0.25) is 0 Å². The Hall–Kier alpha value is -2.62. The summed E-state index contributed by atoms with van der Waals surface area (Å²) in [5, 5.41) is 10.9. The van der Waals surface area contributed by atoms with E-state index < -0.39 is 11.9 Å². The molecule has 0 radical (unpaired) electrons. The summed E-state index contributed by atoms with van der Waals surface area (Å²) in [5.41, 5.74) is 2.06. The molecule has 4 heteroatoms. The van der Waals surface area contributed by atoms with Gasteiger partial charge in [0.05, 0.1) is 11.5 Å². The van der Waals surface area contributed by atoms with Gasteiger partial charge in [-0.2, -0.15) is 0 Å². The molecular weight excluding hydrogens is 256 g/mol. The third-order valence-electron chi connectivity index (χ3n) is 3.39. The highest BCUT2D eigenvalue weighted by Gasteiger charge is 2.27. The van der Waals surface area contributed by atoms with E-state index in [9.17, 15) is 14.7 Å². The zero-order chi connectivity index (χ0) is 14.1. The molecule has 1 aliphatic rings. The van der Waals surface area contributed by atoms with Gasteiger partial charge in [-0.1, -0.05) is 36.4 Å². The van der Waals surface area contributed by atoms with Gasteiger partial charge in [0.15, 0.2) is 0 Å². The predicted octanol–water partition coefficient (Wildman–Crippen LogP) is 1.50. The fourth-order valence-corrected chi connectivity index (χ4v) is 2.38. The Labute approximate surface area is 115 Å². The Balaban J connectivity index is 1.99. The quantitative estimate of drug-likeness (QED) is 0.773. The number of carboxylic acids is 1. The molecule has 1 atom stereocenters. The van der Waals surface area contributed by atoms with Crippen molar-refractivity contribution >= 4 is 11.9 Å². The highest BCUT2D eigenvalue weighted by molar-refractivity contribution is 5.94. The molecule has 0 N–H and O–H groups in total. The van der Waals surface area contributed by atoms with E-state index >= 15 is 0 Å². The van der Waals surface area contributed by atoms with Crippen LogP contribution >= 0.6 is 0 Å². The highest BCUT2D eigenvalue weighted by Crippen LogP contribution is 2.30. The molecule has 0 unspecified atom stereocenters. The van der Waals surface area contributed by atoms with Crippen LogP contribution in [0.25, 0.3) is 0 Å². The Morgan fingerprint density at radius 1 is 1.15 bits per heavy atom. The molecule has 0 amide bonds. The van der Waals surface area contributed by atoms with Crippen molar-refractivity contribution in [2.75, 3.05) is 0 Å². The van der Waals surface area contributed by atoms with Gasteiger partial charge < -0.3 is 14.6 Å². The third kappa shape index (κ3) is 2.16. The molecular formula is C16H11O4-. The van der Waals surface area contributed by atoms with Crippen molar-refractivity contribution < 1.29 is 19.4 Å². The van der Waals surface area contributed by atoms with Crippen LogP contribution in [0, 0.1) is 0 Å². The van der Waals surface area contributed by atoms with E-state index in [-0.39, 0.29) is 11.7 Å². The van der Waals surface area contributed by atoms with Gasteiger partial charge in [-0.3, -0.25) is 0 Å². The monoisotopic (exact) mass is 267 g/mol. The summed E-state index contributed by atoms with van der Waals surface area (Å²) in [6, 6.07) is 13.7. The standard InChI is InChI=1S/C16H12O4/c17-15(18)11-6-7-13-12(8-11)9-14(20-16(13)19)10-4-2-1-3-5-10/h1-8,14H,9H2,(H,17,18)/p-1/t14-/m0/s1. The fourth-order valence-electron chi connectivity index (χ4n) is 2.38. The van der Waals surface area contributed by atoms with Crippen LogP contribution in [0.1, 0.15) is 37.9 Å². The Bertz CT molecular complexity index is 676. The van der Waals surface area contributed by atoms with Crippen molar-refractivity contribution in [3.8, 4) is 0 Å². The molecule has 3 rings (SSSR count). The average molecular weight is 267 g/mol. The number of esters is 1. The number of hydrogen-bond donors (Lipinski definition) is 0. The van der Waals surface area contributed by atoms with Crippen LogP contribution in [0.15, 0.2) is 48.5 Å². The summed E-state index contributed by atoms with van der Waals surface area (Å²) in [5.74, 6) is -1.67. The lowest BCUT2D eigenvalue weighted by molar-refractivity contribution is -0.255. The number of carbonyl (C=O) groups excluding carboxylic acids is 2. The van der Waals surface area contributed by atoms with Gasteiger partial charge in [0.1, 0.15) is 6.10 Å². The van der Waals surface area contributed by atoms with Gasteiger partial charge in [0, 0.05) is 6.42 Å². The minimum absolute atomic E-state index is 0.0743. The zero-order valence-corrected chi connectivity index (χ0v) is 10.5. The third-order valence-corrected chi connectivity index (χ3v) is 3.39. The number of ether oxygens (including phenoxy) is 1. The van der Waals surface area contributed by atoms with Crippen molar-refractivity contribution in [3.05, 3.63) is 70.8 Å². The zero-order valence-electron chi connectivity index (χ0n) is 10.5. The van der Waals surface area contributed by atoms with Crippen LogP contribution in [0.3, 0.4) is 0 Å². The van der Waals surface area contributed by atoms with E-state index in [1.54, 1.807) is 0 Å². The van der Waals surface area contributed by atoms with E-state index in [0.717, 1.165) is 5.56 Å². The van der Waals surface area contributed by atoms with E-state index in [1.807, 2.05) is 30.3 Å². The number of aromatic carboxylic acids is 1. The number of benzene rings is 2. The minimum Gasteiger partial charge on any atom is -0.545 e. The van der Waals surface area contributed by atoms with Crippen LogP contribution in [-0.2, 0) is 11.2 Å². The Kier molecular flexibility index (Phi) is 2.99. The summed E-state index contributed by atoms with van der Waals surface area (Å²) < 4.78 is 5.40. The first kappa shape index (κ1) is 12.4. The SMILES string of the molecule is O=C([O-])c1ccc2c(c1)C[C@@H](c1ccccc1)OC2=O. The molecule has 4 nitrogen and oxygen atoms in total. The maximum atomic E-state index is 12.0. The van der Waals surface area contributed by atoms with Gasteiger partial charge in [-0.25, -0.2) is 4.79 Å². The predicted molar refractivity (Wildman–Crippen MR) is 69.1 cm³/mol. The largest absolute Gasteiger partial charge is 0.545 e. The molecule has 0 fully saturated rings. The number of cyclic esters (lactones) is 1. The number of fused-ring (bicyclic) bond motifs is 1. The van der Waals surface area contributed by atoms with Crippen LogP contribution in [-0.4, -0.2) is 11.9 Å². The molecule has 0 aliphatic carbocycles. The lowest BCUT2D eigenvalue weighted by Crippen LogP contribution is -2.25.